The number of hydrogen-bond acceptors (Lipinski definition) is 5. The van der Waals surface area contributed by atoms with Crippen LogP contribution in [0.15, 0.2) is 34.9 Å². The molecule has 1 heterocycles. The number of aromatic nitrogens is 2. The lowest BCUT2D eigenvalue weighted by atomic mass is 9.96. The fraction of sp³-hybridized carbons (Fsp3) is 0.471. The molecule has 1 amide bonds. The summed E-state index contributed by atoms with van der Waals surface area (Å²) in [5, 5.41) is 6.81. The van der Waals surface area contributed by atoms with Gasteiger partial charge in [0, 0.05) is 6.42 Å². The van der Waals surface area contributed by atoms with Crippen molar-refractivity contribution in [3.63, 3.8) is 0 Å². The van der Waals surface area contributed by atoms with Crippen molar-refractivity contribution in [1.29, 1.82) is 0 Å². The van der Waals surface area contributed by atoms with Gasteiger partial charge in [-0.2, -0.15) is 4.98 Å². The Morgan fingerprint density at radius 3 is 2.74 bits per heavy atom. The minimum absolute atomic E-state index is 0.213. The average Bonchev–Trinajstić information content (AvgIpc) is 2.96. The summed E-state index contributed by atoms with van der Waals surface area (Å²) in [5.74, 6) is 0.766. The van der Waals surface area contributed by atoms with Gasteiger partial charge in [0.15, 0.2) is 5.82 Å². The molecule has 6 heteroatoms. The maximum Gasteiger partial charge on any atom is 0.248 e. The molecule has 0 spiro atoms. The van der Waals surface area contributed by atoms with Crippen LogP contribution < -0.4 is 11.1 Å². The maximum absolute atomic E-state index is 12.2. The number of nitrogens with one attached hydrogen (secondary N) is 1. The fourth-order valence-corrected chi connectivity index (χ4v) is 2.35. The van der Waals surface area contributed by atoms with Crippen molar-refractivity contribution in [2.75, 3.05) is 0 Å². The molecule has 6 nitrogen and oxygen atoms in total. The molecule has 0 aliphatic rings. The Balaban J connectivity index is 1.98. The zero-order valence-corrected chi connectivity index (χ0v) is 13.9. The third-order valence-electron chi connectivity index (χ3n) is 3.69. The van der Waals surface area contributed by atoms with Crippen LogP contribution in [-0.2, 0) is 11.2 Å². The zero-order valence-electron chi connectivity index (χ0n) is 13.9. The third kappa shape index (κ3) is 4.63. The molecule has 124 valence electrons. The summed E-state index contributed by atoms with van der Waals surface area (Å²) in [6, 6.07) is 9.53. The highest BCUT2D eigenvalue weighted by atomic mass is 16.5. The van der Waals surface area contributed by atoms with Crippen LogP contribution in [-0.4, -0.2) is 21.6 Å². The Hall–Kier alpha value is -2.21. The van der Waals surface area contributed by atoms with Crippen molar-refractivity contribution in [1.82, 2.24) is 15.5 Å². The summed E-state index contributed by atoms with van der Waals surface area (Å²) >= 11 is 0. The predicted molar refractivity (Wildman–Crippen MR) is 87.6 cm³/mol. The third-order valence-corrected chi connectivity index (χ3v) is 3.69. The van der Waals surface area contributed by atoms with E-state index in [-0.39, 0.29) is 11.9 Å². The summed E-state index contributed by atoms with van der Waals surface area (Å²) in [4.78, 5) is 16.6. The van der Waals surface area contributed by atoms with Gasteiger partial charge >= 0.3 is 0 Å². The van der Waals surface area contributed by atoms with Crippen LogP contribution in [0.4, 0.5) is 0 Å². The van der Waals surface area contributed by atoms with E-state index in [4.69, 9.17) is 10.3 Å². The molecule has 0 saturated heterocycles. The molecule has 0 saturated carbocycles. The van der Waals surface area contributed by atoms with Gasteiger partial charge in [0.1, 0.15) is 6.04 Å². The number of carbonyl (C=O) groups is 1. The molecule has 0 bridgehead atoms. The van der Waals surface area contributed by atoms with Crippen LogP contribution >= 0.6 is 0 Å². The van der Waals surface area contributed by atoms with E-state index in [0.717, 1.165) is 12.0 Å². The van der Waals surface area contributed by atoms with E-state index in [9.17, 15) is 4.79 Å². The molecule has 1 aromatic carbocycles. The lowest BCUT2D eigenvalue weighted by Gasteiger charge is -2.24. The summed E-state index contributed by atoms with van der Waals surface area (Å²) in [6.07, 6.45) is 2.06. The molecule has 0 radical (unpaired) electrons. The van der Waals surface area contributed by atoms with Gasteiger partial charge in [0.25, 0.3) is 0 Å². The van der Waals surface area contributed by atoms with Crippen molar-refractivity contribution >= 4 is 5.91 Å². The molecule has 2 rings (SSSR count). The van der Waals surface area contributed by atoms with Crippen molar-refractivity contribution in [2.45, 2.75) is 51.6 Å². The second kappa shape index (κ2) is 7.37. The molecule has 3 N–H and O–H groups in total. The van der Waals surface area contributed by atoms with Crippen LogP contribution in [0.25, 0.3) is 0 Å². The average molecular weight is 316 g/mol. The smallest absolute Gasteiger partial charge is 0.248 e. The van der Waals surface area contributed by atoms with Gasteiger partial charge in [-0.05, 0) is 25.8 Å². The highest BCUT2D eigenvalue weighted by molar-refractivity contribution is 5.85. The maximum atomic E-state index is 12.2. The largest absolute Gasteiger partial charge is 0.343 e. The van der Waals surface area contributed by atoms with E-state index in [0.29, 0.717) is 24.6 Å². The highest BCUT2D eigenvalue weighted by Crippen LogP contribution is 2.15. The molecular formula is C17H24N4O2. The Morgan fingerprint density at radius 2 is 2.09 bits per heavy atom. The number of amides is 1. The topological polar surface area (TPSA) is 94.0 Å². The normalized spacial score (nSPS) is 15.0. The SMILES string of the molecule is CCCC(C)(N)C(=O)NC(C)c1nc(Cc2ccccc2)no1. The van der Waals surface area contributed by atoms with Crippen molar-refractivity contribution in [2.24, 2.45) is 5.73 Å². The number of carbonyl (C=O) groups excluding carboxylic acids is 1. The summed E-state index contributed by atoms with van der Waals surface area (Å²) in [6.45, 7) is 5.53. The van der Waals surface area contributed by atoms with E-state index in [1.807, 2.05) is 37.3 Å². The van der Waals surface area contributed by atoms with Crippen LogP contribution in [0, 0.1) is 0 Å². The first-order valence-electron chi connectivity index (χ1n) is 7.88. The summed E-state index contributed by atoms with van der Waals surface area (Å²) in [5.41, 5.74) is 6.24. The number of nitrogens with zero attached hydrogens (tertiary/aromatic N) is 2. The Bertz CT molecular complexity index is 637. The van der Waals surface area contributed by atoms with Gasteiger partial charge in [0.2, 0.25) is 11.8 Å². The minimum Gasteiger partial charge on any atom is -0.343 e. The van der Waals surface area contributed by atoms with Crippen LogP contribution in [0.1, 0.15) is 56.9 Å². The molecule has 0 aliphatic carbocycles. The molecule has 23 heavy (non-hydrogen) atoms. The van der Waals surface area contributed by atoms with E-state index >= 15 is 0 Å². The minimum atomic E-state index is -0.893. The lowest BCUT2D eigenvalue weighted by Crippen LogP contribution is -2.52. The first-order valence-corrected chi connectivity index (χ1v) is 7.88. The number of hydrogen-bond donors (Lipinski definition) is 2. The molecule has 2 atom stereocenters. The Morgan fingerprint density at radius 1 is 1.39 bits per heavy atom. The summed E-state index contributed by atoms with van der Waals surface area (Å²) < 4.78 is 5.26. The Labute approximate surface area is 136 Å². The number of nitrogens with two attached hydrogens (primary N) is 1. The number of rotatable bonds is 7. The van der Waals surface area contributed by atoms with Gasteiger partial charge in [0.05, 0.1) is 5.54 Å². The van der Waals surface area contributed by atoms with Gasteiger partial charge < -0.3 is 15.6 Å². The zero-order chi connectivity index (χ0) is 16.9. The van der Waals surface area contributed by atoms with E-state index in [2.05, 4.69) is 15.5 Å². The van der Waals surface area contributed by atoms with Crippen molar-refractivity contribution in [3.8, 4) is 0 Å². The van der Waals surface area contributed by atoms with Crippen LogP contribution in [0.5, 0.6) is 0 Å². The van der Waals surface area contributed by atoms with E-state index < -0.39 is 5.54 Å². The molecule has 1 aromatic heterocycles. The quantitative estimate of drug-likeness (QED) is 0.817. The molecule has 2 aromatic rings. The van der Waals surface area contributed by atoms with Gasteiger partial charge in [-0.25, -0.2) is 0 Å². The van der Waals surface area contributed by atoms with E-state index in [1.54, 1.807) is 13.8 Å². The first kappa shape index (κ1) is 17.1. The van der Waals surface area contributed by atoms with E-state index in [1.165, 1.54) is 0 Å². The number of benzene rings is 1. The molecule has 2 unspecified atom stereocenters. The highest BCUT2D eigenvalue weighted by Gasteiger charge is 2.29. The molecule has 0 fully saturated rings. The van der Waals surface area contributed by atoms with Crippen LogP contribution in [0.3, 0.4) is 0 Å². The van der Waals surface area contributed by atoms with Gasteiger partial charge in [-0.15, -0.1) is 0 Å². The Kier molecular flexibility index (Phi) is 5.50. The van der Waals surface area contributed by atoms with Gasteiger partial charge in [-0.1, -0.05) is 48.8 Å². The fourth-order valence-electron chi connectivity index (χ4n) is 2.35. The second-order valence-corrected chi connectivity index (χ2v) is 6.07. The van der Waals surface area contributed by atoms with Crippen molar-refractivity contribution < 1.29 is 9.32 Å². The monoisotopic (exact) mass is 316 g/mol. The van der Waals surface area contributed by atoms with Crippen LogP contribution in [0.2, 0.25) is 0 Å². The molecule has 0 aliphatic heterocycles. The second-order valence-electron chi connectivity index (χ2n) is 6.07. The molecular weight excluding hydrogens is 292 g/mol. The predicted octanol–water partition coefficient (Wildman–Crippen LogP) is 2.36. The standard InChI is InChI=1S/C17H24N4O2/c1-4-10-17(3,18)16(22)19-12(2)15-20-14(21-23-15)11-13-8-6-5-7-9-13/h5-9,12H,4,10-11,18H2,1-3H3,(H,19,22). The van der Waals surface area contributed by atoms with Gasteiger partial charge in [-0.3, -0.25) is 4.79 Å². The van der Waals surface area contributed by atoms with Crippen molar-refractivity contribution in [3.05, 3.63) is 47.6 Å². The first-order chi connectivity index (χ1) is 10.9. The lowest BCUT2D eigenvalue weighted by molar-refractivity contribution is -0.126. The summed E-state index contributed by atoms with van der Waals surface area (Å²) in [7, 11) is 0.